The molecule has 1 saturated heterocycles. The molecule has 1 aliphatic heterocycles. The van der Waals surface area contributed by atoms with Crippen molar-refractivity contribution in [2.45, 2.75) is 57.2 Å². The van der Waals surface area contributed by atoms with Gasteiger partial charge in [0.1, 0.15) is 0 Å². The zero-order valence-corrected chi connectivity index (χ0v) is 15.4. The van der Waals surface area contributed by atoms with Gasteiger partial charge in [-0.15, -0.1) is 0 Å². The van der Waals surface area contributed by atoms with E-state index in [0.717, 1.165) is 6.42 Å². The summed E-state index contributed by atoms with van der Waals surface area (Å²) in [5.74, 6) is 1.27. The first kappa shape index (κ1) is 18.7. The summed E-state index contributed by atoms with van der Waals surface area (Å²) in [6.45, 7) is 6.19. The first-order valence-electron chi connectivity index (χ1n) is 8.77. The Kier molecular flexibility index (Phi) is 6.45. The van der Waals surface area contributed by atoms with Crippen LogP contribution in [-0.4, -0.2) is 57.2 Å². The number of amides is 1. The molecule has 7 heteroatoms. The van der Waals surface area contributed by atoms with Gasteiger partial charge >= 0.3 is 0 Å². The fraction of sp³-hybridized carbons (Fsp3) is 0.938. The molecule has 2 N–H and O–H groups in total. The van der Waals surface area contributed by atoms with E-state index in [9.17, 15) is 13.2 Å². The molecule has 0 bridgehead atoms. The SMILES string of the molecule is CNS(=O)(=O)C1CCN(CC(=O)N[C@@H]2CCC[C@@H](C)[C@@H]2C)CC1. The summed E-state index contributed by atoms with van der Waals surface area (Å²) in [7, 11) is -1.73. The Labute approximate surface area is 140 Å². The third-order valence-corrected chi connectivity index (χ3v) is 7.60. The fourth-order valence-electron chi connectivity index (χ4n) is 3.79. The van der Waals surface area contributed by atoms with Crippen LogP contribution in [0.1, 0.15) is 46.0 Å². The predicted molar refractivity (Wildman–Crippen MR) is 91.6 cm³/mol. The van der Waals surface area contributed by atoms with Gasteiger partial charge in [-0.2, -0.15) is 0 Å². The zero-order chi connectivity index (χ0) is 17.0. The molecule has 0 unspecified atom stereocenters. The van der Waals surface area contributed by atoms with E-state index in [1.165, 1.54) is 19.9 Å². The molecular formula is C16H31N3O3S. The van der Waals surface area contributed by atoms with Gasteiger partial charge in [-0.1, -0.05) is 26.7 Å². The van der Waals surface area contributed by atoms with Crippen LogP contribution in [0, 0.1) is 11.8 Å². The minimum Gasteiger partial charge on any atom is -0.352 e. The predicted octanol–water partition coefficient (Wildman–Crippen LogP) is 0.941. The maximum atomic E-state index is 12.3. The lowest BCUT2D eigenvalue weighted by Gasteiger charge is -2.36. The monoisotopic (exact) mass is 345 g/mol. The van der Waals surface area contributed by atoms with E-state index >= 15 is 0 Å². The van der Waals surface area contributed by atoms with Gasteiger partial charge in [0.2, 0.25) is 15.9 Å². The number of carbonyl (C=O) groups excluding carboxylic acids is 1. The molecule has 0 radical (unpaired) electrons. The highest BCUT2D eigenvalue weighted by molar-refractivity contribution is 7.90. The van der Waals surface area contributed by atoms with Crippen molar-refractivity contribution in [3.63, 3.8) is 0 Å². The van der Waals surface area contributed by atoms with Gasteiger partial charge in [0, 0.05) is 6.04 Å². The van der Waals surface area contributed by atoms with Gasteiger partial charge in [-0.3, -0.25) is 9.69 Å². The molecule has 0 aromatic heterocycles. The Morgan fingerprint density at radius 2 is 1.78 bits per heavy atom. The second kappa shape index (κ2) is 7.94. The Hall–Kier alpha value is -0.660. The normalized spacial score (nSPS) is 31.0. The van der Waals surface area contributed by atoms with E-state index < -0.39 is 10.0 Å². The summed E-state index contributed by atoms with van der Waals surface area (Å²) in [4.78, 5) is 14.3. The van der Waals surface area contributed by atoms with Crippen LogP contribution in [0.3, 0.4) is 0 Å². The summed E-state index contributed by atoms with van der Waals surface area (Å²) in [6.07, 6.45) is 4.69. The molecule has 1 amide bonds. The minimum atomic E-state index is -3.19. The lowest BCUT2D eigenvalue weighted by Crippen LogP contribution is -2.49. The maximum Gasteiger partial charge on any atom is 0.234 e. The maximum absolute atomic E-state index is 12.3. The van der Waals surface area contributed by atoms with Crippen molar-refractivity contribution < 1.29 is 13.2 Å². The number of hydrogen-bond donors (Lipinski definition) is 2. The molecular weight excluding hydrogens is 314 g/mol. The molecule has 23 heavy (non-hydrogen) atoms. The molecule has 0 aromatic rings. The van der Waals surface area contributed by atoms with Crippen LogP contribution in [0.2, 0.25) is 0 Å². The fourth-order valence-corrected chi connectivity index (χ4v) is 4.95. The summed E-state index contributed by atoms with van der Waals surface area (Å²) in [5.41, 5.74) is 0. The Balaban J connectivity index is 1.77. The van der Waals surface area contributed by atoms with E-state index in [2.05, 4.69) is 28.8 Å². The standard InChI is InChI=1S/C16H31N3O3S/c1-12-5-4-6-15(13(12)2)18-16(20)11-19-9-7-14(8-10-19)23(21,22)17-3/h12-15,17H,4-11H2,1-3H3,(H,18,20)/t12-,13+,15-/m1/s1. The van der Waals surface area contributed by atoms with E-state index in [4.69, 9.17) is 0 Å². The third kappa shape index (κ3) is 4.90. The molecule has 2 aliphatic rings. The molecule has 1 heterocycles. The van der Waals surface area contributed by atoms with Crippen LogP contribution in [0.4, 0.5) is 0 Å². The number of sulfonamides is 1. The smallest absolute Gasteiger partial charge is 0.234 e. The van der Waals surface area contributed by atoms with Crippen molar-refractivity contribution in [2.75, 3.05) is 26.7 Å². The van der Waals surface area contributed by atoms with Crippen molar-refractivity contribution in [1.29, 1.82) is 0 Å². The average molecular weight is 346 g/mol. The van der Waals surface area contributed by atoms with E-state index in [-0.39, 0.29) is 17.2 Å². The first-order chi connectivity index (χ1) is 10.8. The number of nitrogens with zero attached hydrogens (tertiary/aromatic N) is 1. The molecule has 0 spiro atoms. The summed E-state index contributed by atoms with van der Waals surface area (Å²) >= 11 is 0. The van der Waals surface area contributed by atoms with Crippen molar-refractivity contribution in [2.24, 2.45) is 11.8 Å². The Morgan fingerprint density at radius 3 is 2.39 bits per heavy atom. The first-order valence-corrected chi connectivity index (χ1v) is 10.3. The molecule has 0 aromatic carbocycles. The summed E-state index contributed by atoms with van der Waals surface area (Å²) in [5, 5.41) is 2.86. The zero-order valence-electron chi connectivity index (χ0n) is 14.5. The van der Waals surface area contributed by atoms with Crippen LogP contribution in [0.25, 0.3) is 0 Å². The van der Waals surface area contributed by atoms with Crippen molar-refractivity contribution in [3.8, 4) is 0 Å². The topological polar surface area (TPSA) is 78.5 Å². The number of piperidine rings is 1. The quantitative estimate of drug-likeness (QED) is 0.777. The third-order valence-electron chi connectivity index (χ3n) is 5.68. The molecule has 1 aliphatic carbocycles. The Bertz CT molecular complexity index is 501. The highest BCUT2D eigenvalue weighted by Gasteiger charge is 2.31. The molecule has 2 fully saturated rings. The number of carbonyl (C=O) groups is 1. The largest absolute Gasteiger partial charge is 0.352 e. The van der Waals surface area contributed by atoms with Gasteiger partial charge in [-0.25, -0.2) is 13.1 Å². The van der Waals surface area contributed by atoms with Gasteiger partial charge in [-0.05, 0) is 51.2 Å². The van der Waals surface area contributed by atoms with E-state index in [0.29, 0.717) is 44.3 Å². The molecule has 1 saturated carbocycles. The van der Waals surface area contributed by atoms with Gasteiger partial charge in [0.05, 0.1) is 11.8 Å². The number of rotatable bonds is 5. The summed E-state index contributed by atoms with van der Waals surface area (Å²) < 4.78 is 26.0. The second-order valence-electron chi connectivity index (χ2n) is 7.17. The minimum absolute atomic E-state index is 0.0749. The Morgan fingerprint density at radius 1 is 1.13 bits per heavy atom. The van der Waals surface area contributed by atoms with Crippen LogP contribution >= 0.6 is 0 Å². The van der Waals surface area contributed by atoms with Gasteiger partial charge in [0.15, 0.2) is 0 Å². The average Bonchev–Trinajstić information content (AvgIpc) is 2.52. The highest BCUT2D eigenvalue weighted by Crippen LogP contribution is 2.29. The lowest BCUT2D eigenvalue weighted by molar-refractivity contribution is -0.123. The van der Waals surface area contributed by atoms with Crippen LogP contribution in [-0.2, 0) is 14.8 Å². The molecule has 6 nitrogen and oxygen atoms in total. The van der Waals surface area contributed by atoms with Crippen molar-refractivity contribution in [3.05, 3.63) is 0 Å². The highest BCUT2D eigenvalue weighted by atomic mass is 32.2. The number of nitrogens with one attached hydrogen (secondary N) is 2. The van der Waals surface area contributed by atoms with Crippen LogP contribution in [0.5, 0.6) is 0 Å². The molecule has 134 valence electrons. The van der Waals surface area contributed by atoms with Crippen LogP contribution < -0.4 is 10.0 Å². The second-order valence-corrected chi connectivity index (χ2v) is 9.33. The lowest BCUT2D eigenvalue weighted by atomic mass is 9.78. The molecule has 2 rings (SSSR count). The van der Waals surface area contributed by atoms with Crippen molar-refractivity contribution in [1.82, 2.24) is 14.9 Å². The van der Waals surface area contributed by atoms with Gasteiger partial charge in [0.25, 0.3) is 0 Å². The summed E-state index contributed by atoms with van der Waals surface area (Å²) in [6, 6.07) is 0.286. The van der Waals surface area contributed by atoms with E-state index in [1.807, 2.05) is 0 Å². The number of hydrogen-bond acceptors (Lipinski definition) is 4. The van der Waals surface area contributed by atoms with Gasteiger partial charge < -0.3 is 5.32 Å². The van der Waals surface area contributed by atoms with E-state index in [1.54, 1.807) is 0 Å². The van der Waals surface area contributed by atoms with Crippen LogP contribution in [0.15, 0.2) is 0 Å². The number of likely N-dealkylation sites (tertiary alicyclic amines) is 1. The molecule has 3 atom stereocenters. The van der Waals surface area contributed by atoms with Crippen molar-refractivity contribution >= 4 is 15.9 Å².